The largest absolute Gasteiger partial charge is 0.463 e. The molecule has 1 N–H and O–H groups in total. The first-order valence-corrected chi connectivity index (χ1v) is 10.1. The number of benzene rings is 1. The lowest BCUT2D eigenvalue weighted by Gasteiger charge is -2.10. The molecule has 32 heavy (non-hydrogen) atoms. The molecule has 1 aliphatic heterocycles. The highest BCUT2D eigenvalue weighted by Gasteiger charge is 2.34. The van der Waals surface area contributed by atoms with Crippen molar-refractivity contribution in [3.05, 3.63) is 81.7 Å². The van der Waals surface area contributed by atoms with E-state index in [4.69, 9.17) is 16.0 Å². The fourth-order valence-corrected chi connectivity index (χ4v) is 3.83. The van der Waals surface area contributed by atoms with Gasteiger partial charge < -0.3 is 19.0 Å². The number of amides is 3. The number of methoxy groups -OCH3 is 1. The molecule has 2 aromatic heterocycles. The van der Waals surface area contributed by atoms with Crippen molar-refractivity contribution in [3.63, 3.8) is 0 Å². The molecule has 1 saturated heterocycles. The summed E-state index contributed by atoms with van der Waals surface area (Å²) in [7, 11) is 1.24. The van der Waals surface area contributed by atoms with Gasteiger partial charge in [-0.1, -0.05) is 17.7 Å². The van der Waals surface area contributed by atoms with Gasteiger partial charge in [0.2, 0.25) is 5.76 Å². The van der Waals surface area contributed by atoms with Gasteiger partial charge in [0.1, 0.15) is 11.5 Å². The van der Waals surface area contributed by atoms with E-state index in [0.717, 1.165) is 27.5 Å². The summed E-state index contributed by atoms with van der Waals surface area (Å²) in [5.41, 5.74) is 3.70. The maximum atomic E-state index is 12.9. The molecule has 8 nitrogen and oxygen atoms in total. The van der Waals surface area contributed by atoms with Crippen molar-refractivity contribution < 1.29 is 23.5 Å². The Morgan fingerprint density at radius 2 is 1.97 bits per heavy atom. The topological polar surface area (TPSA) is 93.8 Å². The average molecular weight is 454 g/mol. The number of aromatic nitrogens is 1. The van der Waals surface area contributed by atoms with Gasteiger partial charge in [0.05, 0.1) is 13.7 Å². The smallest absolute Gasteiger partial charge is 0.373 e. The van der Waals surface area contributed by atoms with Crippen LogP contribution in [0, 0.1) is 13.8 Å². The summed E-state index contributed by atoms with van der Waals surface area (Å²) in [6, 6.07) is 11.8. The van der Waals surface area contributed by atoms with Crippen molar-refractivity contribution in [2.24, 2.45) is 0 Å². The molecule has 0 spiro atoms. The van der Waals surface area contributed by atoms with Crippen molar-refractivity contribution in [2.75, 3.05) is 7.11 Å². The second-order valence-corrected chi connectivity index (χ2v) is 7.72. The molecule has 0 radical (unpaired) electrons. The Morgan fingerprint density at radius 3 is 2.69 bits per heavy atom. The van der Waals surface area contributed by atoms with Gasteiger partial charge in [-0.3, -0.25) is 9.69 Å². The molecular formula is C23H20ClN3O5. The number of rotatable bonds is 5. The third-order valence-corrected chi connectivity index (χ3v) is 5.40. The Balaban J connectivity index is 1.59. The van der Waals surface area contributed by atoms with Crippen molar-refractivity contribution in [3.8, 4) is 5.69 Å². The van der Waals surface area contributed by atoms with Crippen LogP contribution in [0.2, 0.25) is 5.02 Å². The number of urea groups is 1. The number of nitrogens with zero attached hydrogens (tertiary/aromatic N) is 2. The highest BCUT2D eigenvalue weighted by atomic mass is 35.5. The van der Waals surface area contributed by atoms with Gasteiger partial charge in [-0.2, -0.15) is 0 Å². The van der Waals surface area contributed by atoms with Crippen molar-refractivity contribution in [1.29, 1.82) is 0 Å². The number of hydrogen-bond acceptors (Lipinski definition) is 5. The van der Waals surface area contributed by atoms with E-state index in [-0.39, 0.29) is 23.8 Å². The molecule has 3 amide bonds. The van der Waals surface area contributed by atoms with Crippen LogP contribution in [0.5, 0.6) is 0 Å². The highest BCUT2D eigenvalue weighted by molar-refractivity contribution is 6.30. The standard InChI is InChI=1S/C23H20ClN3O5/c1-13-9-15(14(2)27(13)17-6-4-5-16(24)11-17)10-19-21(28)26(23(30)25-19)12-18-7-8-20(32-18)22(29)31-3/h4-11H,12H2,1-3H3,(H,25,30)/b19-10-. The van der Waals surface area contributed by atoms with Crippen LogP contribution in [0.4, 0.5) is 4.79 Å². The lowest BCUT2D eigenvalue weighted by Crippen LogP contribution is -2.30. The third-order valence-electron chi connectivity index (χ3n) is 5.16. The summed E-state index contributed by atoms with van der Waals surface area (Å²) in [6.07, 6.45) is 1.64. The second kappa shape index (κ2) is 8.39. The number of carbonyl (C=O) groups is 3. The summed E-state index contributed by atoms with van der Waals surface area (Å²) >= 11 is 6.13. The Morgan fingerprint density at radius 1 is 1.19 bits per heavy atom. The van der Waals surface area contributed by atoms with Crippen molar-refractivity contribution in [2.45, 2.75) is 20.4 Å². The number of carbonyl (C=O) groups excluding carboxylic acids is 3. The molecule has 4 rings (SSSR count). The van der Waals surface area contributed by atoms with E-state index in [9.17, 15) is 14.4 Å². The van der Waals surface area contributed by atoms with E-state index in [1.54, 1.807) is 12.1 Å². The second-order valence-electron chi connectivity index (χ2n) is 7.28. The van der Waals surface area contributed by atoms with Gasteiger partial charge in [0, 0.05) is 22.1 Å². The Bertz CT molecular complexity index is 1270. The van der Waals surface area contributed by atoms with Crippen LogP contribution in [0.25, 0.3) is 11.8 Å². The van der Waals surface area contributed by atoms with Gasteiger partial charge in [-0.05, 0) is 61.9 Å². The van der Waals surface area contributed by atoms with Gasteiger partial charge in [-0.15, -0.1) is 0 Å². The summed E-state index contributed by atoms with van der Waals surface area (Å²) in [4.78, 5) is 37.8. The molecule has 3 heterocycles. The van der Waals surface area contributed by atoms with E-state index in [1.165, 1.54) is 19.2 Å². The molecule has 1 aliphatic rings. The normalized spacial score (nSPS) is 14.9. The van der Waals surface area contributed by atoms with E-state index >= 15 is 0 Å². The summed E-state index contributed by atoms with van der Waals surface area (Å²) in [6.45, 7) is 3.77. The number of hydrogen-bond donors (Lipinski definition) is 1. The quantitative estimate of drug-likeness (QED) is 0.354. The monoisotopic (exact) mass is 453 g/mol. The first-order chi connectivity index (χ1) is 15.3. The van der Waals surface area contributed by atoms with Crippen LogP contribution in [-0.2, 0) is 16.1 Å². The number of ether oxygens (including phenoxy) is 1. The summed E-state index contributed by atoms with van der Waals surface area (Å²) in [5, 5.41) is 3.23. The Hall–Kier alpha value is -3.78. The minimum atomic E-state index is -0.635. The highest BCUT2D eigenvalue weighted by Crippen LogP contribution is 2.26. The lowest BCUT2D eigenvalue weighted by atomic mass is 10.2. The van der Waals surface area contributed by atoms with Crippen LogP contribution in [0.3, 0.4) is 0 Å². The predicted molar refractivity (Wildman–Crippen MR) is 117 cm³/mol. The van der Waals surface area contributed by atoms with Crippen LogP contribution in [-0.4, -0.2) is 34.5 Å². The van der Waals surface area contributed by atoms with Crippen molar-refractivity contribution in [1.82, 2.24) is 14.8 Å². The maximum Gasteiger partial charge on any atom is 0.373 e. The Kier molecular flexibility index (Phi) is 5.63. The van der Waals surface area contributed by atoms with Crippen LogP contribution in [0.15, 0.2) is 52.6 Å². The summed E-state index contributed by atoms with van der Waals surface area (Å²) < 4.78 is 12.0. The molecule has 0 bridgehead atoms. The zero-order valence-electron chi connectivity index (χ0n) is 17.6. The molecule has 0 atom stereocenters. The number of imide groups is 1. The average Bonchev–Trinajstić information content (AvgIpc) is 3.41. The van der Waals surface area contributed by atoms with Crippen LogP contribution < -0.4 is 5.32 Å². The zero-order valence-corrected chi connectivity index (χ0v) is 18.4. The Labute approximate surface area is 189 Å². The number of nitrogens with one attached hydrogen (secondary N) is 1. The van der Waals surface area contributed by atoms with Crippen LogP contribution in [0.1, 0.15) is 33.3 Å². The molecular weight excluding hydrogens is 434 g/mol. The van der Waals surface area contributed by atoms with E-state index in [1.807, 2.05) is 42.7 Å². The molecule has 164 valence electrons. The minimum absolute atomic E-state index is 0.00113. The van der Waals surface area contributed by atoms with E-state index in [0.29, 0.717) is 5.02 Å². The number of aryl methyl sites for hydroxylation is 1. The zero-order chi connectivity index (χ0) is 23.0. The number of halogens is 1. The molecule has 3 aromatic rings. The van der Waals surface area contributed by atoms with Crippen molar-refractivity contribution >= 4 is 35.6 Å². The molecule has 0 aliphatic carbocycles. The number of esters is 1. The lowest BCUT2D eigenvalue weighted by molar-refractivity contribution is -0.123. The maximum absolute atomic E-state index is 12.9. The summed E-state index contributed by atoms with van der Waals surface area (Å²) in [5.74, 6) is -0.837. The molecule has 0 saturated carbocycles. The fourth-order valence-electron chi connectivity index (χ4n) is 3.65. The predicted octanol–water partition coefficient (Wildman–Crippen LogP) is 4.22. The SMILES string of the molecule is COC(=O)c1ccc(CN2C(=O)N/C(=C\c3cc(C)n(-c4cccc(Cl)c4)c3C)C2=O)o1. The van der Waals surface area contributed by atoms with Gasteiger partial charge in [0.15, 0.2) is 0 Å². The molecule has 0 unspecified atom stereocenters. The van der Waals surface area contributed by atoms with Gasteiger partial charge in [0.25, 0.3) is 5.91 Å². The molecule has 1 fully saturated rings. The fraction of sp³-hybridized carbons (Fsp3) is 0.174. The first kappa shape index (κ1) is 21.5. The van der Waals surface area contributed by atoms with E-state index < -0.39 is 17.9 Å². The third kappa shape index (κ3) is 3.92. The molecule has 1 aromatic carbocycles. The number of furan rings is 1. The van der Waals surface area contributed by atoms with Crippen LogP contribution >= 0.6 is 11.6 Å². The van der Waals surface area contributed by atoms with E-state index in [2.05, 4.69) is 10.1 Å². The minimum Gasteiger partial charge on any atom is -0.463 e. The first-order valence-electron chi connectivity index (χ1n) is 9.75. The van der Waals surface area contributed by atoms with Gasteiger partial charge in [-0.25, -0.2) is 9.59 Å². The van der Waals surface area contributed by atoms with Gasteiger partial charge >= 0.3 is 12.0 Å². The molecule has 9 heteroatoms.